The molecule has 2 N–H and O–H groups in total. The van der Waals surface area contributed by atoms with Gasteiger partial charge in [0, 0.05) is 0 Å². The molecule has 0 aliphatic heterocycles. The number of anilines is 1. The van der Waals surface area contributed by atoms with Crippen molar-refractivity contribution in [1.29, 1.82) is 0 Å². The lowest BCUT2D eigenvalue weighted by Gasteiger charge is -2.08. The van der Waals surface area contributed by atoms with E-state index in [1.165, 1.54) is 12.4 Å². The molecule has 19 heavy (non-hydrogen) atoms. The van der Waals surface area contributed by atoms with E-state index in [0.717, 1.165) is 11.0 Å². The van der Waals surface area contributed by atoms with E-state index in [1.807, 2.05) is 24.3 Å². The van der Waals surface area contributed by atoms with Crippen molar-refractivity contribution in [2.75, 3.05) is 5.73 Å². The first kappa shape index (κ1) is 11.3. The highest BCUT2D eigenvalue weighted by atomic mass is 16.1. The molecule has 0 aliphatic carbocycles. The van der Waals surface area contributed by atoms with Crippen molar-refractivity contribution in [3.05, 3.63) is 58.9 Å². The summed E-state index contributed by atoms with van der Waals surface area (Å²) >= 11 is 0. The summed E-state index contributed by atoms with van der Waals surface area (Å²) in [5.74, 6) is 0.357. The van der Waals surface area contributed by atoms with Crippen LogP contribution in [0.3, 0.4) is 0 Å². The Balaban J connectivity index is 2.12. The largest absolute Gasteiger partial charge is 0.382 e. The summed E-state index contributed by atoms with van der Waals surface area (Å²) in [7, 11) is 0. The average Bonchev–Trinajstić information content (AvgIpc) is 2.44. The van der Waals surface area contributed by atoms with Crippen molar-refractivity contribution in [2.45, 2.75) is 6.54 Å². The summed E-state index contributed by atoms with van der Waals surface area (Å²) in [5.41, 5.74) is 7.53. The molecule has 0 saturated carbocycles. The molecule has 6 heteroatoms. The molecule has 0 spiro atoms. The molecule has 2 heterocycles. The number of hydrogen-bond donors (Lipinski definition) is 1. The van der Waals surface area contributed by atoms with Crippen LogP contribution in [0.15, 0.2) is 47.7 Å². The predicted molar refractivity (Wildman–Crippen MR) is 71.5 cm³/mol. The molecule has 0 fully saturated rings. The van der Waals surface area contributed by atoms with Crippen molar-refractivity contribution in [2.24, 2.45) is 0 Å². The van der Waals surface area contributed by atoms with Gasteiger partial charge in [-0.15, -0.1) is 0 Å². The zero-order valence-electron chi connectivity index (χ0n) is 10.0. The number of benzene rings is 1. The fraction of sp³-hybridized carbons (Fsp3) is 0.0769. The van der Waals surface area contributed by atoms with Crippen LogP contribution in [0.5, 0.6) is 0 Å². The van der Waals surface area contributed by atoms with Crippen LogP contribution in [0, 0.1) is 0 Å². The zero-order chi connectivity index (χ0) is 13.2. The van der Waals surface area contributed by atoms with Crippen LogP contribution in [0.4, 0.5) is 5.82 Å². The first-order valence-corrected chi connectivity index (χ1v) is 5.75. The second-order valence-corrected chi connectivity index (χ2v) is 4.10. The third-order valence-electron chi connectivity index (χ3n) is 2.80. The van der Waals surface area contributed by atoms with Gasteiger partial charge in [0.05, 0.1) is 41.9 Å². The van der Waals surface area contributed by atoms with Crippen LogP contribution in [0.25, 0.3) is 11.0 Å². The number of nitrogens with two attached hydrogens (primary N) is 1. The van der Waals surface area contributed by atoms with E-state index in [1.54, 1.807) is 10.8 Å². The minimum Gasteiger partial charge on any atom is -0.382 e. The Bertz CT molecular complexity index is 779. The standard InChI is InChI=1S/C13H11N5O/c14-12-6-15-9(5-17-12)8-18-11-4-2-1-3-10(11)16-7-13(18)19/h1-7H,8H2,(H2,14,17). The zero-order valence-corrected chi connectivity index (χ0v) is 10.0. The second-order valence-electron chi connectivity index (χ2n) is 4.10. The summed E-state index contributed by atoms with van der Waals surface area (Å²) in [6.45, 7) is 0.342. The average molecular weight is 253 g/mol. The molecule has 0 saturated heterocycles. The Labute approximate surface area is 108 Å². The Morgan fingerprint density at radius 1 is 1.05 bits per heavy atom. The van der Waals surface area contributed by atoms with Gasteiger partial charge in [0.15, 0.2) is 0 Å². The number of nitrogen functional groups attached to an aromatic ring is 1. The fourth-order valence-corrected chi connectivity index (χ4v) is 1.89. The number of hydrogen-bond acceptors (Lipinski definition) is 5. The summed E-state index contributed by atoms with van der Waals surface area (Å²) in [6, 6.07) is 7.47. The van der Waals surface area contributed by atoms with Crippen LogP contribution in [0.2, 0.25) is 0 Å². The Kier molecular flexibility index (Phi) is 2.68. The Morgan fingerprint density at radius 2 is 1.89 bits per heavy atom. The van der Waals surface area contributed by atoms with Crippen LogP contribution in [-0.4, -0.2) is 19.5 Å². The van der Waals surface area contributed by atoms with E-state index >= 15 is 0 Å². The molecule has 94 valence electrons. The van der Waals surface area contributed by atoms with Gasteiger partial charge in [-0.25, -0.2) is 9.97 Å². The molecular formula is C13H11N5O. The fourth-order valence-electron chi connectivity index (χ4n) is 1.89. The molecule has 0 bridgehead atoms. The highest BCUT2D eigenvalue weighted by Crippen LogP contribution is 2.09. The van der Waals surface area contributed by atoms with Crippen LogP contribution < -0.4 is 11.3 Å². The minimum atomic E-state index is -0.169. The molecule has 0 radical (unpaired) electrons. The Morgan fingerprint density at radius 3 is 2.68 bits per heavy atom. The smallest absolute Gasteiger partial charge is 0.269 e. The van der Waals surface area contributed by atoms with E-state index in [4.69, 9.17) is 5.73 Å². The van der Waals surface area contributed by atoms with E-state index < -0.39 is 0 Å². The minimum absolute atomic E-state index is 0.169. The van der Waals surface area contributed by atoms with E-state index in [2.05, 4.69) is 15.0 Å². The van der Waals surface area contributed by atoms with Gasteiger partial charge in [0.2, 0.25) is 0 Å². The van der Waals surface area contributed by atoms with Gasteiger partial charge in [-0.1, -0.05) is 12.1 Å². The lowest BCUT2D eigenvalue weighted by atomic mass is 10.3. The van der Waals surface area contributed by atoms with Crippen molar-refractivity contribution in [3.8, 4) is 0 Å². The van der Waals surface area contributed by atoms with Crippen molar-refractivity contribution in [3.63, 3.8) is 0 Å². The predicted octanol–water partition coefficient (Wildman–Crippen LogP) is 0.817. The quantitative estimate of drug-likeness (QED) is 0.730. The van der Waals surface area contributed by atoms with Crippen LogP contribution in [-0.2, 0) is 6.54 Å². The van der Waals surface area contributed by atoms with E-state index in [-0.39, 0.29) is 5.56 Å². The van der Waals surface area contributed by atoms with Crippen molar-refractivity contribution in [1.82, 2.24) is 19.5 Å². The van der Waals surface area contributed by atoms with Gasteiger partial charge in [-0.05, 0) is 12.1 Å². The van der Waals surface area contributed by atoms with Gasteiger partial charge < -0.3 is 5.73 Å². The SMILES string of the molecule is Nc1cnc(Cn2c(=O)cnc3ccccc32)cn1. The summed E-state index contributed by atoms with van der Waals surface area (Å²) in [5, 5.41) is 0. The Hall–Kier alpha value is -2.76. The van der Waals surface area contributed by atoms with Gasteiger partial charge in [-0.2, -0.15) is 0 Å². The first-order chi connectivity index (χ1) is 9.24. The topological polar surface area (TPSA) is 86.7 Å². The van der Waals surface area contributed by atoms with Gasteiger partial charge in [-0.3, -0.25) is 14.3 Å². The van der Waals surface area contributed by atoms with Gasteiger partial charge >= 0.3 is 0 Å². The van der Waals surface area contributed by atoms with Crippen molar-refractivity contribution >= 4 is 16.9 Å². The summed E-state index contributed by atoms with van der Waals surface area (Å²) in [6.07, 6.45) is 4.35. The first-order valence-electron chi connectivity index (χ1n) is 5.75. The third kappa shape index (κ3) is 2.15. The molecular weight excluding hydrogens is 242 g/mol. The number of rotatable bonds is 2. The molecule has 0 aliphatic rings. The summed E-state index contributed by atoms with van der Waals surface area (Å²) < 4.78 is 1.61. The monoisotopic (exact) mass is 253 g/mol. The number of nitrogens with zero attached hydrogens (tertiary/aromatic N) is 4. The molecule has 1 aromatic carbocycles. The summed E-state index contributed by atoms with van der Waals surface area (Å²) in [4.78, 5) is 24.2. The van der Waals surface area contributed by atoms with E-state index in [0.29, 0.717) is 18.1 Å². The molecule has 3 aromatic rings. The highest BCUT2D eigenvalue weighted by Gasteiger charge is 2.05. The maximum atomic E-state index is 11.9. The highest BCUT2D eigenvalue weighted by molar-refractivity contribution is 5.74. The van der Waals surface area contributed by atoms with Crippen molar-refractivity contribution < 1.29 is 0 Å². The third-order valence-corrected chi connectivity index (χ3v) is 2.80. The lowest BCUT2D eigenvalue weighted by molar-refractivity contribution is 0.760. The molecule has 0 amide bonds. The number of aromatic nitrogens is 4. The second kappa shape index (κ2) is 4.49. The maximum Gasteiger partial charge on any atom is 0.269 e. The van der Waals surface area contributed by atoms with E-state index in [9.17, 15) is 4.79 Å². The molecule has 0 unspecified atom stereocenters. The van der Waals surface area contributed by atoms with Crippen LogP contribution in [0.1, 0.15) is 5.69 Å². The number of fused-ring (bicyclic) bond motifs is 1. The molecule has 2 aromatic heterocycles. The molecule has 6 nitrogen and oxygen atoms in total. The van der Waals surface area contributed by atoms with Crippen LogP contribution >= 0.6 is 0 Å². The molecule has 0 atom stereocenters. The molecule has 3 rings (SSSR count). The van der Waals surface area contributed by atoms with Gasteiger partial charge in [0.1, 0.15) is 5.82 Å². The number of para-hydroxylation sites is 2. The maximum absolute atomic E-state index is 11.9. The normalized spacial score (nSPS) is 10.7. The van der Waals surface area contributed by atoms with Gasteiger partial charge in [0.25, 0.3) is 5.56 Å². The lowest BCUT2D eigenvalue weighted by Crippen LogP contribution is -2.21.